The van der Waals surface area contributed by atoms with Crippen molar-refractivity contribution in [1.29, 1.82) is 0 Å². The summed E-state index contributed by atoms with van der Waals surface area (Å²) in [5, 5.41) is 2.65. The molecule has 0 unspecified atom stereocenters. The third-order valence-electron chi connectivity index (χ3n) is 15.9. The fourth-order valence-corrected chi connectivity index (χ4v) is 11.9. The number of benzene rings is 4. The molecule has 13 heteroatoms. The molecular formula is C54H69N7O5Si. The van der Waals surface area contributed by atoms with Crippen molar-refractivity contribution in [3.05, 3.63) is 124 Å². The lowest BCUT2D eigenvalue weighted by atomic mass is 9.69. The Morgan fingerprint density at radius 3 is 2.16 bits per heavy atom. The first kappa shape index (κ1) is 46.6. The minimum atomic E-state index is -1.95. The number of likely N-dealkylation sites (tertiary alicyclic amines) is 1. The molecule has 0 spiro atoms. The van der Waals surface area contributed by atoms with Crippen LogP contribution in [0.3, 0.4) is 0 Å². The first-order chi connectivity index (χ1) is 32.2. The van der Waals surface area contributed by atoms with Gasteiger partial charge in [0.05, 0.1) is 6.54 Å². The first-order valence-electron chi connectivity index (χ1n) is 24.6. The SMILES string of the molecule is CC(C)(C)[Si](C)(C)Oc1ccc2c(c1)CC[C@H](c1ccccc1)[C@@H]2c1ccc(N2CCC(CN3CCN(c4ccc5c(c4)CN([C@H]4CCC(=O)N(CNC(=O)CN)C4=O)C5=O)CC3)CC2)cc1. The standard InChI is InChI=1S/C54H69N7O5Si/c1-54(2,3)67(4,5)66-44-17-20-46-40(32-44)13-18-45(38-9-7-6-8-10-38)51(46)39-11-14-42(15-12-39)58-25-23-37(24-26-58)34-57-27-29-59(30-28-57)43-16-19-47-41(31-43)35-60(52(47)64)48-21-22-50(63)61(53(48)65)36-56-49(62)33-55/h6-12,14-17,19-20,31-32,37,45,48,51H,13,18,21-30,33-36,55H2,1-5H3,(H,56,62)/t45-,48+,51+/m1/s1. The highest BCUT2D eigenvalue weighted by Crippen LogP contribution is 2.48. The van der Waals surface area contributed by atoms with Gasteiger partial charge in [0.15, 0.2) is 0 Å². The van der Waals surface area contributed by atoms with Crippen molar-refractivity contribution in [2.75, 3.05) is 68.8 Å². The molecule has 67 heavy (non-hydrogen) atoms. The smallest absolute Gasteiger partial charge is 0.255 e. The van der Waals surface area contributed by atoms with Crippen molar-refractivity contribution >= 4 is 43.3 Å². The zero-order valence-corrected chi connectivity index (χ0v) is 41.1. The largest absolute Gasteiger partial charge is 0.543 e. The minimum absolute atomic E-state index is 0.125. The molecule has 3 atom stereocenters. The molecular weight excluding hydrogens is 855 g/mol. The fourth-order valence-electron chi connectivity index (χ4n) is 10.9. The van der Waals surface area contributed by atoms with Gasteiger partial charge in [0.2, 0.25) is 20.1 Å². The van der Waals surface area contributed by atoms with Gasteiger partial charge >= 0.3 is 0 Å². The topological polar surface area (TPSA) is 132 Å². The highest BCUT2D eigenvalue weighted by Gasteiger charge is 2.43. The van der Waals surface area contributed by atoms with Gasteiger partial charge in [-0.25, -0.2) is 0 Å². The molecule has 12 nitrogen and oxygen atoms in total. The van der Waals surface area contributed by atoms with Crippen molar-refractivity contribution in [3.63, 3.8) is 0 Å². The van der Waals surface area contributed by atoms with Gasteiger partial charge in [-0.15, -0.1) is 0 Å². The highest BCUT2D eigenvalue weighted by atomic mass is 28.4. The number of aryl methyl sites for hydroxylation is 1. The lowest BCUT2D eigenvalue weighted by Crippen LogP contribution is -2.57. The monoisotopic (exact) mass is 924 g/mol. The number of carbonyl (C=O) groups excluding carboxylic acids is 4. The maximum Gasteiger partial charge on any atom is 0.255 e. The number of nitrogens with one attached hydrogen (secondary N) is 1. The van der Waals surface area contributed by atoms with Crippen LogP contribution in [-0.4, -0.2) is 112 Å². The first-order valence-corrected chi connectivity index (χ1v) is 27.5. The molecule has 4 heterocycles. The summed E-state index contributed by atoms with van der Waals surface area (Å²) in [5.74, 6) is 0.910. The average Bonchev–Trinajstić information content (AvgIpc) is 3.65. The summed E-state index contributed by atoms with van der Waals surface area (Å²) >= 11 is 0. The van der Waals surface area contributed by atoms with E-state index in [9.17, 15) is 19.2 Å². The predicted molar refractivity (Wildman–Crippen MR) is 267 cm³/mol. The second-order valence-electron chi connectivity index (χ2n) is 21.0. The van der Waals surface area contributed by atoms with Gasteiger partial charge < -0.3 is 30.2 Å². The number of piperazine rings is 1. The third kappa shape index (κ3) is 9.78. The molecule has 3 N–H and O–H groups in total. The summed E-state index contributed by atoms with van der Waals surface area (Å²) in [6.07, 6.45) is 4.92. The number of nitrogens with zero attached hydrogens (tertiary/aromatic N) is 5. The van der Waals surface area contributed by atoms with E-state index in [2.05, 4.69) is 133 Å². The van der Waals surface area contributed by atoms with E-state index < -0.39 is 26.2 Å². The maximum atomic E-state index is 13.5. The Kier molecular flexibility index (Phi) is 13.4. The predicted octanol–water partition coefficient (Wildman–Crippen LogP) is 7.48. The van der Waals surface area contributed by atoms with Crippen LogP contribution in [0, 0.1) is 5.92 Å². The molecule has 3 fully saturated rings. The summed E-state index contributed by atoms with van der Waals surface area (Å²) in [5.41, 5.74) is 14.9. The Balaban J connectivity index is 0.779. The number of piperidine rings is 2. The Labute approximate surface area is 397 Å². The van der Waals surface area contributed by atoms with Crippen LogP contribution in [0.25, 0.3) is 0 Å². The van der Waals surface area contributed by atoms with E-state index in [-0.39, 0.29) is 48.8 Å². The highest BCUT2D eigenvalue weighted by molar-refractivity contribution is 6.74. The van der Waals surface area contributed by atoms with Crippen LogP contribution in [0.2, 0.25) is 18.1 Å². The van der Waals surface area contributed by atoms with Gasteiger partial charge in [0.1, 0.15) is 18.5 Å². The fraction of sp³-hybridized carbons (Fsp3) is 0.481. The molecule has 0 bridgehead atoms. The van der Waals surface area contributed by atoms with Gasteiger partial charge in [-0.05, 0) is 132 Å². The zero-order valence-electron chi connectivity index (χ0n) is 40.1. The number of carbonyl (C=O) groups is 4. The van der Waals surface area contributed by atoms with Crippen LogP contribution in [0.5, 0.6) is 5.75 Å². The number of imide groups is 1. The van der Waals surface area contributed by atoms with E-state index in [0.717, 1.165) is 80.6 Å². The Hall–Kier alpha value is -5.50. The summed E-state index contributed by atoms with van der Waals surface area (Å²) < 4.78 is 6.78. The van der Waals surface area contributed by atoms with Crippen molar-refractivity contribution in [3.8, 4) is 5.75 Å². The molecule has 4 aliphatic heterocycles. The van der Waals surface area contributed by atoms with Crippen molar-refractivity contribution in [1.82, 2.24) is 20.0 Å². The van der Waals surface area contributed by atoms with E-state index in [0.29, 0.717) is 23.9 Å². The van der Waals surface area contributed by atoms with Crippen molar-refractivity contribution in [2.45, 2.75) is 102 Å². The summed E-state index contributed by atoms with van der Waals surface area (Å²) in [7, 11) is -1.95. The molecule has 4 aromatic carbocycles. The maximum absolute atomic E-state index is 13.5. The van der Waals surface area contributed by atoms with Crippen LogP contribution in [-0.2, 0) is 27.3 Å². The van der Waals surface area contributed by atoms with Gasteiger partial charge in [0.25, 0.3) is 11.8 Å². The molecule has 9 rings (SSSR count). The van der Waals surface area contributed by atoms with Crippen molar-refractivity contribution in [2.24, 2.45) is 11.7 Å². The number of hydrogen-bond acceptors (Lipinski definition) is 9. The molecule has 4 amide bonds. The number of anilines is 2. The van der Waals surface area contributed by atoms with E-state index in [1.54, 1.807) is 4.90 Å². The second kappa shape index (κ2) is 19.2. The Bertz CT molecular complexity index is 2460. The summed E-state index contributed by atoms with van der Waals surface area (Å²) in [6, 6.07) is 32.8. The van der Waals surface area contributed by atoms with Crippen LogP contribution in [0.1, 0.15) is 103 Å². The average molecular weight is 924 g/mol. The van der Waals surface area contributed by atoms with E-state index in [4.69, 9.17) is 10.2 Å². The Morgan fingerprint density at radius 2 is 1.46 bits per heavy atom. The quantitative estimate of drug-likeness (QED) is 0.110. The third-order valence-corrected chi connectivity index (χ3v) is 20.2. The minimum Gasteiger partial charge on any atom is -0.543 e. The van der Waals surface area contributed by atoms with Gasteiger partial charge in [-0.2, -0.15) is 0 Å². The lowest BCUT2D eigenvalue weighted by molar-refractivity contribution is -0.152. The number of fused-ring (bicyclic) bond motifs is 2. The summed E-state index contributed by atoms with van der Waals surface area (Å²) in [6.45, 7) is 18.4. The number of amides is 4. The molecule has 0 saturated carbocycles. The molecule has 1 aliphatic carbocycles. The van der Waals surface area contributed by atoms with Crippen LogP contribution >= 0.6 is 0 Å². The van der Waals surface area contributed by atoms with Gasteiger partial charge in [-0.1, -0.05) is 69.3 Å². The van der Waals surface area contributed by atoms with Crippen molar-refractivity contribution < 1.29 is 23.6 Å². The molecule has 0 aromatic heterocycles. The van der Waals surface area contributed by atoms with Crippen LogP contribution < -0.4 is 25.3 Å². The summed E-state index contributed by atoms with van der Waals surface area (Å²) in [4.78, 5) is 61.4. The van der Waals surface area contributed by atoms with E-state index >= 15 is 0 Å². The van der Waals surface area contributed by atoms with Crippen LogP contribution in [0.4, 0.5) is 11.4 Å². The normalized spacial score (nSPS) is 21.9. The Morgan fingerprint density at radius 1 is 0.761 bits per heavy atom. The molecule has 354 valence electrons. The number of hydrogen-bond donors (Lipinski definition) is 2. The van der Waals surface area contributed by atoms with E-state index in [1.165, 1.54) is 40.8 Å². The molecule has 4 aromatic rings. The number of nitrogens with two attached hydrogens (primary N) is 1. The van der Waals surface area contributed by atoms with E-state index in [1.807, 2.05) is 12.1 Å². The molecule has 5 aliphatic rings. The zero-order chi connectivity index (χ0) is 47.0. The molecule has 3 saturated heterocycles. The number of rotatable bonds is 12. The second-order valence-corrected chi connectivity index (χ2v) is 25.7. The molecule has 0 radical (unpaired) electrons. The van der Waals surface area contributed by atoms with Gasteiger partial charge in [-0.3, -0.25) is 29.0 Å². The van der Waals surface area contributed by atoms with Gasteiger partial charge in [0, 0.05) is 81.6 Å². The van der Waals surface area contributed by atoms with Crippen LogP contribution in [0.15, 0.2) is 91.0 Å². The lowest BCUT2D eigenvalue weighted by Gasteiger charge is -2.40.